The molecule has 0 bridgehead atoms. The summed E-state index contributed by atoms with van der Waals surface area (Å²) in [4.78, 5) is 11.8. The summed E-state index contributed by atoms with van der Waals surface area (Å²) in [5.41, 5.74) is 1.27. The molecule has 0 saturated carbocycles. The number of rotatable bonds is 6. The van der Waals surface area contributed by atoms with Crippen LogP contribution < -0.4 is 5.32 Å². The summed E-state index contributed by atoms with van der Waals surface area (Å²) in [6, 6.07) is 10.2. The van der Waals surface area contributed by atoms with Crippen molar-refractivity contribution in [1.29, 1.82) is 0 Å². The van der Waals surface area contributed by atoms with Crippen molar-refractivity contribution in [3.05, 3.63) is 35.9 Å². The van der Waals surface area contributed by atoms with Crippen molar-refractivity contribution in [3.8, 4) is 0 Å². The van der Waals surface area contributed by atoms with E-state index >= 15 is 0 Å². The van der Waals surface area contributed by atoms with E-state index in [1.807, 2.05) is 18.2 Å². The van der Waals surface area contributed by atoms with Gasteiger partial charge < -0.3 is 5.32 Å². The third-order valence-corrected chi connectivity index (χ3v) is 5.91. The first-order valence-corrected chi connectivity index (χ1v) is 9.30. The minimum absolute atomic E-state index is 0.00143. The first-order valence-electron chi connectivity index (χ1n) is 7.48. The van der Waals surface area contributed by atoms with E-state index in [1.165, 1.54) is 5.56 Å². The average Bonchev–Trinajstić information content (AvgIpc) is 2.78. The molecule has 0 aliphatic carbocycles. The maximum atomic E-state index is 11.8. The van der Waals surface area contributed by atoms with Gasteiger partial charge in [0.25, 0.3) is 0 Å². The summed E-state index contributed by atoms with van der Waals surface area (Å²) in [5, 5.41) is 2.90. The van der Waals surface area contributed by atoms with E-state index in [0.717, 1.165) is 6.42 Å². The van der Waals surface area contributed by atoms with Crippen molar-refractivity contribution in [2.45, 2.75) is 32.1 Å². The van der Waals surface area contributed by atoms with Gasteiger partial charge in [0.2, 0.25) is 5.91 Å². The lowest BCUT2D eigenvalue weighted by molar-refractivity contribution is -0.121. The van der Waals surface area contributed by atoms with Gasteiger partial charge in [-0.25, -0.2) is 8.42 Å². The van der Waals surface area contributed by atoms with Crippen LogP contribution >= 0.6 is 0 Å². The predicted octanol–water partition coefficient (Wildman–Crippen LogP) is 2.12. The molecular weight excluding hydrogens is 286 g/mol. The van der Waals surface area contributed by atoms with Crippen LogP contribution in [0.15, 0.2) is 30.3 Å². The van der Waals surface area contributed by atoms with Crippen LogP contribution in [0.2, 0.25) is 0 Å². The normalized spacial score (nSPS) is 21.9. The van der Waals surface area contributed by atoms with Crippen LogP contribution in [0.3, 0.4) is 0 Å². The fraction of sp³-hybridized carbons (Fsp3) is 0.562. The maximum absolute atomic E-state index is 11.8. The fourth-order valence-electron chi connectivity index (χ4n) is 2.74. The molecule has 1 aliphatic heterocycles. The number of sulfone groups is 1. The Hall–Kier alpha value is -1.36. The molecule has 1 saturated heterocycles. The molecule has 116 valence electrons. The van der Waals surface area contributed by atoms with Crippen LogP contribution in [-0.2, 0) is 14.6 Å². The zero-order valence-corrected chi connectivity index (χ0v) is 13.2. The minimum atomic E-state index is -2.89. The van der Waals surface area contributed by atoms with Crippen LogP contribution in [0.5, 0.6) is 0 Å². The molecule has 4 nitrogen and oxygen atoms in total. The topological polar surface area (TPSA) is 63.2 Å². The Morgan fingerprint density at radius 2 is 2.05 bits per heavy atom. The van der Waals surface area contributed by atoms with Crippen molar-refractivity contribution in [2.75, 3.05) is 18.1 Å². The predicted molar refractivity (Wildman–Crippen MR) is 83.9 cm³/mol. The summed E-state index contributed by atoms with van der Waals surface area (Å²) >= 11 is 0. The molecule has 21 heavy (non-hydrogen) atoms. The van der Waals surface area contributed by atoms with Gasteiger partial charge in [0.15, 0.2) is 9.84 Å². The Labute approximate surface area is 126 Å². The highest BCUT2D eigenvalue weighted by molar-refractivity contribution is 7.91. The fourth-order valence-corrected chi connectivity index (χ4v) is 4.61. The molecular formula is C16H23NO3S. The Kier molecular flexibility index (Phi) is 5.39. The second-order valence-corrected chi connectivity index (χ2v) is 8.15. The Balaban J connectivity index is 1.68. The van der Waals surface area contributed by atoms with Gasteiger partial charge in [-0.05, 0) is 30.2 Å². The van der Waals surface area contributed by atoms with Gasteiger partial charge in [0.1, 0.15) is 0 Å². The van der Waals surface area contributed by atoms with Crippen molar-refractivity contribution in [2.24, 2.45) is 5.92 Å². The Morgan fingerprint density at radius 3 is 2.67 bits per heavy atom. The molecule has 0 unspecified atom stereocenters. The van der Waals surface area contributed by atoms with Gasteiger partial charge in [-0.3, -0.25) is 4.79 Å². The van der Waals surface area contributed by atoms with Crippen molar-refractivity contribution in [3.63, 3.8) is 0 Å². The highest BCUT2D eigenvalue weighted by Crippen LogP contribution is 2.21. The highest BCUT2D eigenvalue weighted by Gasteiger charge is 2.29. The van der Waals surface area contributed by atoms with E-state index in [2.05, 4.69) is 24.4 Å². The van der Waals surface area contributed by atoms with Gasteiger partial charge in [-0.15, -0.1) is 0 Å². The van der Waals surface area contributed by atoms with E-state index in [4.69, 9.17) is 0 Å². The van der Waals surface area contributed by atoms with Crippen molar-refractivity contribution >= 4 is 15.7 Å². The lowest BCUT2D eigenvalue weighted by atomic mass is 9.98. The number of carbonyl (C=O) groups is 1. The standard InChI is InChI=1S/C16H23NO3S/c1-13(15-5-3-2-4-6-15)7-9-17-16(18)11-14-8-10-21(19,20)12-14/h2-6,13-14H,7-12H2,1H3,(H,17,18)/t13-,14+/m1/s1. The quantitative estimate of drug-likeness (QED) is 0.875. The van der Waals surface area contributed by atoms with E-state index in [0.29, 0.717) is 25.3 Å². The highest BCUT2D eigenvalue weighted by atomic mass is 32.2. The van der Waals surface area contributed by atoms with Gasteiger partial charge in [-0.1, -0.05) is 37.3 Å². The van der Waals surface area contributed by atoms with Gasteiger partial charge in [-0.2, -0.15) is 0 Å². The summed E-state index contributed by atoms with van der Waals surface area (Å²) in [5.74, 6) is 0.772. The van der Waals surface area contributed by atoms with Crippen molar-refractivity contribution < 1.29 is 13.2 Å². The number of amides is 1. The number of carbonyl (C=O) groups excluding carboxylic acids is 1. The monoisotopic (exact) mass is 309 g/mol. The van der Waals surface area contributed by atoms with Crippen LogP contribution in [0.25, 0.3) is 0 Å². The second kappa shape index (κ2) is 7.07. The van der Waals surface area contributed by atoms with Crippen LogP contribution in [0.4, 0.5) is 0 Å². The number of nitrogens with one attached hydrogen (secondary N) is 1. The van der Waals surface area contributed by atoms with Crippen LogP contribution in [0, 0.1) is 5.92 Å². The molecule has 1 aromatic carbocycles. The molecule has 1 aliphatic rings. The summed E-state index contributed by atoms with van der Waals surface area (Å²) in [6.07, 6.45) is 1.84. The van der Waals surface area contributed by atoms with Crippen LogP contribution in [-0.4, -0.2) is 32.4 Å². The van der Waals surface area contributed by atoms with Crippen LogP contribution in [0.1, 0.15) is 37.7 Å². The molecule has 1 N–H and O–H groups in total. The summed E-state index contributed by atoms with van der Waals surface area (Å²) in [6.45, 7) is 2.78. The molecule has 2 atom stereocenters. The smallest absolute Gasteiger partial charge is 0.220 e. The molecule has 1 fully saturated rings. The molecule has 1 amide bonds. The van der Waals surface area contributed by atoms with E-state index < -0.39 is 9.84 Å². The number of hydrogen-bond acceptors (Lipinski definition) is 3. The SMILES string of the molecule is C[C@H](CCNC(=O)C[C@@H]1CCS(=O)(=O)C1)c1ccccc1. The molecule has 1 aromatic rings. The van der Waals surface area contributed by atoms with Crippen molar-refractivity contribution in [1.82, 2.24) is 5.32 Å². The third-order valence-electron chi connectivity index (χ3n) is 4.07. The molecule has 2 rings (SSSR count). The maximum Gasteiger partial charge on any atom is 0.220 e. The first-order chi connectivity index (χ1) is 9.96. The zero-order valence-electron chi connectivity index (χ0n) is 12.4. The second-order valence-electron chi connectivity index (χ2n) is 5.92. The first kappa shape index (κ1) is 16.0. The van der Waals surface area contributed by atoms with E-state index in [-0.39, 0.29) is 23.3 Å². The van der Waals surface area contributed by atoms with Gasteiger partial charge >= 0.3 is 0 Å². The molecule has 0 spiro atoms. The third kappa shape index (κ3) is 5.16. The van der Waals surface area contributed by atoms with Gasteiger partial charge in [0, 0.05) is 13.0 Å². The molecule has 0 aromatic heterocycles. The number of hydrogen-bond donors (Lipinski definition) is 1. The minimum Gasteiger partial charge on any atom is -0.356 e. The lowest BCUT2D eigenvalue weighted by Crippen LogP contribution is -2.27. The summed E-state index contributed by atoms with van der Waals surface area (Å²) in [7, 11) is -2.89. The molecule has 1 heterocycles. The average molecular weight is 309 g/mol. The van der Waals surface area contributed by atoms with Gasteiger partial charge in [0.05, 0.1) is 11.5 Å². The summed E-state index contributed by atoms with van der Waals surface area (Å²) < 4.78 is 22.7. The largest absolute Gasteiger partial charge is 0.356 e. The van der Waals surface area contributed by atoms with E-state index in [1.54, 1.807) is 0 Å². The number of benzene rings is 1. The zero-order chi connectivity index (χ0) is 15.3. The Bertz CT molecular complexity index is 568. The Morgan fingerprint density at radius 1 is 1.33 bits per heavy atom. The molecule has 0 radical (unpaired) electrons. The van der Waals surface area contributed by atoms with E-state index in [9.17, 15) is 13.2 Å². The lowest BCUT2D eigenvalue weighted by Gasteiger charge is -2.13. The molecule has 5 heteroatoms.